The monoisotopic (exact) mass is 338 g/mol. The van der Waals surface area contributed by atoms with E-state index in [0.717, 1.165) is 25.1 Å². The van der Waals surface area contributed by atoms with E-state index in [2.05, 4.69) is 15.5 Å². The highest BCUT2D eigenvalue weighted by molar-refractivity contribution is 5.89. The van der Waals surface area contributed by atoms with Gasteiger partial charge in [-0.25, -0.2) is 0 Å². The Morgan fingerprint density at radius 3 is 2.67 bits per heavy atom. The van der Waals surface area contributed by atoms with Crippen molar-refractivity contribution in [1.29, 1.82) is 0 Å². The quantitative estimate of drug-likeness (QED) is 0.931. The smallest absolute Gasteiger partial charge is 0.297 e. The number of hydrogen-bond donors (Lipinski definition) is 1. The second kappa shape index (κ2) is 6.62. The highest BCUT2D eigenvalue weighted by atomic mass is 19.4. The van der Waals surface area contributed by atoms with Crippen LogP contribution < -0.4 is 5.32 Å². The van der Waals surface area contributed by atoms with Gasteiger partial charge in [0, 0.05) is 19.4 Å². The molecule has 0 spiro atoms. The Morgan fingerprint density at radius 2 is 1.96 bits per heavy atom. The number of fused-ring (bicyclic) bond motifs is 1. The third-order valence-electron chi connectivity index (χ3n) is 4.10. The highest BCUT2D eigenvalue weighted by Crippen LogP contribution is 2.37. The van der Waals surface area contributed by atoms with E-state index < -0.39 is 24.4 Å². The molecular formula is C16H17F3N4O. The number of carbonyl (C=O) groups excluding carboxylic acids is 1. The van der Waals surface area contributed by atoms with Crippen molar-refractivity contribution in [1.82, 2.24) is 14.8 Å². The zero-order valence-corrected chi connectivity index (χ0v) is 12.9. The summed E-state index contributed by atoms with van der Waals surface area (Å²) in [5.74, 6) is -1.58. The summed E-state index contributed by atoms with van der Waals surface area (Å²) in [5, 5.41) is 10.3. The lowest BCUT2D eigenvalue weighted by Gasteiger charge is -2.20. The lowest BCUT2D eigenvalue weighted by atomic mass is 9.95. The van der Waals surface area contributed by atoms with Gasteiger partial charge in [-0.3, -0.25) is 14.7 Å². The minimum atomic E-state index is -4.50. The Morgan fingerprint density at radius 1 is 1.21 bits per heavy atom. The Bertz CT molecular complexity index is 712. The average molecular weight is 338 g/mol. The first-order chi connectivity index (χ1) is 11.4. The van der Waals surface area contributed by atoms with Crippen molar-refractivity contribution in [2.45, 2.75) is 44.3 Å². The van der Waals surface area contributed by atoms with Crippen molar-refractivity contribution in [3.8, 4) is 0 Å². The van der Waals surface area contributed by atoms with Gasteiger partial charge in [-0.1, -0.05) is 30.3 Å². The molecule has 0 saturated heterocycles. The van der Waals surface area contributed by atoms with Crippen LogP contribution >= 0.6 is 0 Å². The molecular weight excluding hydrogens is 321 g/mol. The van der Waals surface area contributed by atoms with Gasteiger partial charge < -0.3 is 0 Å². The maximum atomic E-state index is 13.3. The van der Waals surface area contributed by atoms with Crippen molar-refractivity contribution in [3.05, 3.63) is 41.7 Å². The zero-order valence-electron chi connectivity index (χ0n) is 12.9. The van der Waals surface area contributed by atoms with Crippen molar-refractivity contribution in [2.75, 3.05) is 5.32 Å². The van der Waals surface area contributed by atoms with Gasteiger partial charge in [0.2, 0.25) is 11.9 Å². The molecule has 24 heavy (non-hydrogen) atoms. The molecule has 2 heterocycles. The van der Waals surface area contributed by atoms with Crippen molar-refractivity contribution in [2.24, 2.45) is 0 Å². The molecule has 1 amide bonds. The fourth-order valence-corrected chi connectivity index (χ4v) is 2.87. The van der Waals surface area contributed by atoms with E-state index >= 15 is 0 Å². The molecule has 0 aliphatic carbocycles. The lowest BCUT2D eigenvalue weighted by Crippen LogP contribution is -2.27. The topological polar surface area (TPSA) is 59.8 Å². The molecule has 8 heteroatoms. The first-order valence-electron chi connectivity index (χ1n) is 7.79. The standard InChI is InChI=1S/C16H17F3N4O/c17-16(18,19)12(11-6-2-1-3-7-11)10-14(24)20-15-22-21-13-8-4-5-9-23(13)15/h1-3,6-7,12H,4-5,8-10H2,(H,20,22,24). The van der Waals surface area contributed by atoms with Crippen molar-refractivity contribution >= 4 is 11.9 Å². The third kappa shape index (κ3) is 3.58. The summed E-state index contributed by atoms with van der Waals surface area (Å²) in [6, 6.07) is 7.45. The molecule has 1 N–H and O–H groups in total. The summed E-state index contributed by atoms with van der Waals surface area (Å²) in [6.45, 7) is 0.666. The number of nitrogens with zero attached hydrogens (tertiary/aromatic N) is 3. The number of rotatable bonds is 4. The number of carbonyl (C=O) groups is 1. The number of aromatic nitrogens is 3. The van der Waals surface area contributed by atoms with Crippen LogP contribution in [0.5, 0.6) is 0 Å². The van der Waals surface area contributed by atoms with Crippen molar-refractivity contribution in [3.63, 3.8) is 0 Å². The van der Waals surface area contributed by atoms with Crippen LogP contribution in [-0.4, -0.2) is 26.8 Å². The van der Waals surface area contributed by atoms with Crippen LogP contribution in [0.15, 0.2) is 30.3 Å². The fraction of sp³-hybridized carbons (Fsp3) is 0.438. The predicted octanol–water partition coefficient (Wildman–Crippen LogP) is 3.29. The third-order valence-corrected chi connectivity index (χ3v) is 4.10. The molecule has 5 nitrogen and oxygen atoms in total. The van der Waals surface area contributed by atoms with Crippen LogP contribution in [0.4, 0.5) is 19.1 Å². The molecule has 3 rings (SSSR count). The number of hydrogen-bond acceptors (Lipinski definition) is 3. The first kappa shape index (κ1) is 16.5. The highest BCUT2D eigenvalue weighted by Gasteiger charge is 2.42. The van der Waals surface area contributed by atoms with E-state index in [9.17, 15) is 18.0 Å². The summed E-state index contributed by atoms with van der Waals surface area (Å²) < 4.78 is 41.7. The molecule has 0 bridgehead atoms. The largest absolute Gasteiger partial charge is 0.396 e. The Labute approximate surface area is 136 Å². The minimum Gasteiger partial charge on any atom is -0.297 e. The number of anilines is 1. The van der Waals surface area contributed by atoms with Gasteiger partial charge in [0.25, 0.3) is 0 Å². The lowest BCUT2D eigenvalue weighted by molar-refractivity contribution is -0.156. The molecule has 128 valence electrons. The van der Waals surface area contributed by atoms with Gasteiger partial charge in [0.1, 0.15) is 5.82 Å². The number of benzene rings is 1. The summed E-state index contributed by atoms with van der Waals surface area (Å²) >= 11 is 0. The second-order valence-electron chi connectivity index (χ2n) is 5.81. The van der Waals surface area contributed by atoms with Gasteiger partial charge in [-0.2, -0.15) is 13.2 Å². The summed E-state index contributed by atoms with van der Waals surface area (Å²) in [6.07, 6.45) is -2.49. The number of amides is 1. The van der Waals surface area contributed by atoms with Gasteiger partial charge >= 0.3 is 6.18 Å². The molecule has 1 aliphatic rings. The Hall–Kier alpha value is -2.38. The first-order valence-corrected chi connectivity index (χ1v) is 7.79. The van der Waals surface area contributed by atoms with Gasteiger partial charge in [0.15, 0.2) is 0 Å². The number of alkyl halides is 3. The van der Waals surface area contributed by atoms with Crippen LogP contribution in [0.2, 0.25) is 0 Å². The molecule has 1 atom stereocenters. The predicted molar refractivity (Wildman–Crippen MR) is 81.4 cm³/mol. The van der Waals surface area contributed by atoms with Gasteiger partial charge in [-0.05, 0) is 18.4 Å². The van der Waals surface area contributed by atoms with Crippen LogP contribution in [0.25, 0.3) is 0 Å². The zero-order chi connectivity index (χ0) is 17.2. The Kier molecular flexibility index (Phi) is 4.55. The Balaban J connectivity index is 1.74. The molecule has 1 aliphatic heterocycles. The number of aryl methyl sites for hydroxylation is 1. The molecule has 1 aromatic carbocycles. The van der Waals surface area contributed by atoms with E-state index in [-0.39, 0.29) is 11.5 Å². The molecule has 0 saturated carbocycles. The van der Waals surface area contributed by atoms with E-state index in [1.165, 1.54) is 24.3 Å². The molecule has 0 fully saturated rings. The number of nitrogens with one attached hydrogen (secondary N) is 1. The van der Waals surface area contributed by atoms with Crippen molar-refractivity contribution < 1.29 is 18.0 Å². The maximum Gasteiger partial charge on any atom is 0.396 e. The van der Waals surface area contributed by atoms with E-state index in [0.29, 0.717) is 6.54 Å². The fourth-order valence-electron chi connectivity index (χ4n) is 2.87. The maximum absolute atomic E-state index is 13.3. The normalized spacial score (nSPS) is 15.6. The van der Waals surface area contributed by atoms with Gasteiger partial charge in [-0.15, -0.1) is 10.2 Å². The molecule has 1 unspecified atom stereocenters. The average Bonchev–Trinajstić information content (AvgIpc) is 2.96. The summed E-state index contributed by atoms with van der Waals surface area (Å²) in [4.78, 5) is 12.1. The van der Waals surface area contributed by atoms with Crippen LogP contribution in [0.3, 0.4) is 0 Å². The number of halogens is 3. The SMILES string of the molecule is O=C(CC(c1ccccc1)C(F)(F)F)Nc1nnc2n1CCCC2. The molecule has 2 aromatic rings. The van der Waals surface area contributed by atoms with E-state index in [1.54, 1.807) is 10.6 Å². The molecule has 1 aromatic heterocycles. The second-order valence-corrected chi connectivity index (χ2v) is 5.81. The van der Waals surface area contributed by atoms with E-state index in [1.807, 2.05) is 0 Å². The molecule has 0 radical (unpaired) electrons. The van der Waals surface area contributed by atoms with Crippen LogP contribution in [0, 0.1) is 0 Å². The summed E-state index contributed by atoms with van der Waals surface area (Å²) in [7, 11) is 0. The van der Waals surface area contributed by atoms with E-state index in [4.69, 9.17) is 0 Å². The van der Waals surface area contributed by atoms with Crippen LogP contribution in [0.1, 0.15) is 36.6 Å². The van der Waals surface area contributed by atoms with Crippen LogP contribution in [-0.2, 0) is 17.8 Å². The van der Waals surface area contributed by atoms with Gasteiger partial charge in [0.05, 0.1) is 5.92 Å². The summed E-state index contributed by atoms with van der Waals surface area (Å²) in [5.41, 5.74) is 0.0726. The minimum absolute atomic E-state index is 0.0726.